The van der Waals surface area contributed by atoms with E-state index in [0.717, 1.165) is 58.9 Å². The van der Waals surface area contributed by atoms with Crippen molar-refractivity contribution in [1.82, 2.24) is 19.4 Å². The molecule has 4 heterocycles. The Kier molecular flexibility index (Phi) is 21.1. The van der Waals surface area contributed by atoms with Crippen molar-refractivity contribution in [3.05, 3.63) is 161 Å². The van der Waals surface area contributed by atoms with Gasteiger partial charge in [-0.25, -0.2) is 27.7 Å². The first kappa shape index (κ1) is 58.8. The highest BCUT2D eigenvalue weighted by molar-refractivity contribution is 7.97. The third kappa shape index (κ3) is 15.0. The van der Waals surface area contributed by atoms with Crippen molar-refractivity contribution in [1.29, 1.82) is 0 Å². The number of aryl methyl sites for hydroxylation is 2. The normalized spacial score (nSPS) is 15.8. The van der Waals surface area contributed by atoms with E-state index in [1.807, 2.05) is 75.4 Å². The molecule has 4 aromatic carbocycles. The molecular weight excluding hydrogens is 991 g/mol. The van der Waals surface area contributed by atoms with E-state index in [1.54, 1.807) is 43.1 Å². The lowest BCUT2D eigenvalue weighted by Gasteiger charge is -2.37. The zero-order chi connectivity index (χ0) is 55.0. The van der Waals surface area contributed by atoms with Crippen LogP contribution in [0.1, 0.15) is 123 Å². The number of terminal acetylenes is 2. The Balaban J connectivity index is 0.000000260. The van der Waals surface area contributed by atoms with E-state index in [4.69, 9.17) is 14.2 Å². The number of benzene rings is 4. The van der Waals surface area contributed by atoms with Crippen molar-refractivity contribution in [3.8, 4) is 43.2 Å². The number of nitrogens with zero attached hydrogens (tertiary/aromatic N) is 4. The van der Waals surface area contributed by atoms with Crippen molar-refractivity contribution in [2.45, 2.75) is 114 Å². The van der Waals surface area contributed by atoms with Gasteiger partial charge >= 0.3 is 0 Å². The number of rotatable bonds is 15. The monoisotopic (exact) mass is 1060 g/mol. The van der Waals surface area contributed by atoms with Crippen LogP contribution in [-0.2, 0) is 23.8 Å². The molecule has 394 valence electrons. The summed E-state index contributed by atoms with van der Waals surface area (Å²) in [7, 11) is 0.120. The molecule has 0 spiro atoms. The largest absolute Gasteiger partial charge is 0.497 e. The lowest BCUT2D eigenvalue weighted by molar-refractivity contribution is 0.0637. The molecule has 16 heteroatoms. The molecule has 0 saturated carbocycles. The summed E-state index contributed by atoms with van der Waals surface area (Å²) < 4.78 is 65.2. The molecule has 0 bridgehead atoms. The third-order valence-electron chi connectivity index (χ3n) is 12.3. The summed E-state index contributed by atoms with van der Waals surface area (Å²) in [5, 5.41) is 0. The summed E-state index contributed by atoms with van der Waals surface area (Å²) in [6.07, 6.45) is 22.2. The number of carbonyl (C=O) groups excluding carboxylic acids is 2. The number of carbonyl (C=O) groups is 2. The van der Waals surface area contributed by atoms with E-state index >= 15 is 0 Å². The molecule has 2 aromatic heterocycles. The topological polar surface area (TPSA) is 135 Å². The molecular formula is C59H66F2N6O6S2. The third-order valence-corrected chi connectivity index (χ3v) is 14.4. The van der Waals surface area contributed by atoms with Crippen LogP contribution in [0.25, 0.3) is 0 Å². The fourth-order valence-corrected chi connectivity index (χ4v) is 10.2. The minimum absolute atomic E-state index is 0.0130. The maximum atomic E-state index is 14.4. The zero-order valence-electron chi connectivity index (χ0n) is 44.0. The predicted octanol–water partition coefficient (Wildman–Crippen LogP) is 12.2. The van der Waals surface area contributed by atoms with E-state index in [-0.39, 0.29) is 35.3 Å². The fourth-order valence-electron chi connectivity index (χ4n) is 8.48. The van der Waals surface area contributed by atoms with Gasteiger partial charge in [0.1, 0.15) is 39.6 Å². The van der Waals surface area contributed by atoms with Crippen LogP contribution < -0.4 is 33.5 Å². The standard InChI is InChI=1S/C28H33N3O3S.C27H29F2N3O3S.2C2H2/c1-6-19-8-14-23(15-9-19)35-30-25-17-28(3,4)34-26-24(25)16-20(18-29-26)27(32)31(7-2)21-10-12-22(33-5)13-11-21;1-5-17-7-10-20(11-8-17)36(34)31-23-15-27(3,4)35-25-21(23)13-18(16-30-25)26(33)32(6-2)24-12-9-19(28)14-22(24)29;2*1-2/h8-16,18,25,30H,6-7,17H2,1-5H3;7-14,16,23,31H,5-6,15H2,1-4H3;2*1-2H/t25-;23-,36?;;/m00../s1. The first-order valence-corrected chi connectivity index (χ1v) is 26.5. The number of hydrogen-bond donors (Lipinski definition) is 2. The summed E-state index contributed by atoms with van der Waals surface area (Å²) in [5.41, 5.74) is 4.56. The van der Waals surface area contributed by atoms with Gasteiger partial charge in [0.25, 0.3) is 11.8 Å². The van der Waals surface area contributed by atoms with Gasteiger partial charge in [-0.05, 0) is 150 Å². The van der Waals surface area contributed by atoms with Crippen LogP contribution >= 0.6 is 11.9 Å². The zero-order valence-corrected chi connectivity index (χ0v) is 45.6. The number of pyridine rings is 2. The number of ether oxygens (including phenoxy) is 3. The number of aromatic nitrogens is 2. The highest BCUT2D eigenvalue weighted by atomic mass is 32.2. The second-order valence-electron chi connectivity index (χ2n) is 18.5. The highest BCUT2D eigenvalue weighted by Crippen LogP contribution is 2.41. The van der Waals surface area contributed by atoms with Gasteiger partial charge in [0.2, 0.25) is 11.8 Å². The Morgan fingerprint density at radius 1 is 0.707 bits per heavy atom. The Morgan fingerprint density at radius 3 is 1.69 bits per heavy atom. The molecule has 2 aliphatic rings. The second kappa shape index (κ2) is 26.9. The van der Waals surface area contributed by atoms with Crippen molar-refractivity contribution < 1.29 is 36.8 Å². The molecule has 3 atom stereocenters. The average Bonchev–Trinajstić information content (AvgIpc) is 3.42. The first-order valence-electron chi connectivity index (χ1n) is 24.5. The average molecular weight is 1060 g/mol. The van der Waals surface area contributed by atoms with E-state index in [2.05, 4.69) is 97.1 Å². The van der Waals surface area contributed by atoms with Gasteiger partial charge in [-0.3, -0.25) is 14.3 Å². The lowest BCUT2D eigenvalue weighted by Crippen LogP contribution is -2.40. The maximum Gasteiger partial charge on any atom is 0.259 e. The molecule has 0 aliphatic carbocycles. The Bertz CT molecular complexity index is 2940. The number of halogens is 2. The number of methoxy groups -OCH3 is 1. The van der Waals surface area contributed by atoms with Gasteiger partial charge < -0.3 is 24.0 Å². The van der Waals surface area contributed by atoms with Crippen LogP contribution in [0.4, 0.5) is 20.2 Å². The Labute approximate surface area is 448 Å². The first-order chi connectivity index (χ1) is 35.9. The number of amides is 2. The van der Waals surface area contributed by atoms with Crippen LogP contribution in [0.5, 0.6) is 17.5 Å². The summed E-state index contributed by atoms with van der Waals surface area (Å²) in [6.45, 7) is 16.5. The molecule has 2 aliphatic heterocycles. The number of hydrogen-bond acceptors (Lipinski definition) is 10. The van der Waals surface area contributed by atoms with Crippen LogP contribution in [-0.4, -0.2) is 57.4 Å². The van der Waals surface area contributed by atoms with Gasteiger partial charge in [-0.15, -0.1) is 25.7 Å². The second-order valence-corrected chi connectivity index (χ2v) is 20.6. The minimum Gasteiger partial charge on any atom is -0.497 e. The predicted molar refractivity (Wildman–Crippen MR) is 297 cm³/mol. The summed E-state index contributed by atoms with van der Waals surface area (Å²) in [5.74, 6) is -0.466. The van der Waals surface area contributed by atoms with Crippen molar-refractivity contribution in [3.63, 3.8) is 0 Å². The van der Waals surface area contributed by atoms with Crippen LogP contribution in [0.3, 0.4) is 0 Å². The Hall–Kier alpha value is -7.08. The fraction of sp³-hybridized carbons (Fsp3) is 0.322. The summed E-state index contributed by atoms with van der Waals surface area (Å²) in [6, 6.07) is 29.9. The Morgan fingerprint density at radius 2 is 1.20 bits per heavy atom. The summed E-state index contributed by atoms with van der Waals surface area (Å²) in [4.78, 5) is 40.5. The number of fused-ring (bicyclic) bond motifs is 2. The molecule has 6 aromatic rings. The SMILES string of the molecule is C#C.C#C.CCc1ccc(S(=O)N[C@H]2CC(C)(C)Oc3ncc(C(=O)N(CC)c4ccc(F)cc4F)cc32)cc1.CCc1ccc(SN[C@H]2CC(C)(C)Oc3ncc(C(=O)N(CC)c4ccc(OC)cc4)cc32)cc1. The highest BCUT2D eigenvalue weighted by Gasteiger charge is 2.38. The molecule has 75 heavy (non-hydrogen) atoms. The van der Waals surface area contributed by atoms with E-state index < -0.39 is 40.2 Å². The minimum atomic E-state index is -1.51. The summed E-state index contributed by atoms with van der Waals surface area (Å²) >= 11 is 1.60. The molecule has 2 N–H and O–H groups in total. The molecule has 1 unspecified atom stereocenters. The van der Waals surface area contributed by atoms with Crippen molar-refractivity contribution in [2.24, 2.45) is 0 Å². The molecule has 8 rings (SSSR count). The molecule has 0 fully saturated rings. The van der Waals surface area contributed by atoms with Gasteiger partial charge in [0.15, 0.2) is 0 Å². The van der Waals surface area contributed by atoms with Gasteiger partial charge in [-0.2, -0.15) is 0 Å². The van der Waals surface area contributed by atoms with E-state index in [9.17, 15) is 22.6 Å². The van der Waals surface area contributed by atoms with Gasteiger partial charge in [0.05, 0.1) is 40.9 Å². The van der Waals surface area contributed by atoms with Gasteiger partial charge in [-0.1, -0.05) is 38.1 Å². The van der Waals surface area contributed by atoms with E-state index in [0.29, 0.717) is 40.7 Å². The molecule has 0 radical (unpaired) electrons. The number of nitrogens with one attached hydrogen (secondary N) is 2. The van der Waals surface area contributed by atoms with Crippen LogP contribution in [0.15, 0.2) is 125 Å². The van der Waals surface area contributed by atoms with Gasteiger partial charge in [0, 0.05) is 66.1 Å². The van der Waals surface area contributed by atoms with Crippen LogP contribution in [0, 0.1) is 37.3 Å². The van der Waals surface area contributed by atoms with E-state index in [1.165, 1.54) is 22.7 Å². The molecule has 2 amide bonds. The molecule has 12 nitrogen and oxygen atoms in total. The smallest absolute Gasteiger partial charge is 0.259 e. The number of anilines is 2. The lowest BCUT2D eigenvalue weighted by atomic mass is 9.91. The quantitative estimate of drug-likeness (QED) is 0.0756. The van der Waals surface area contributed by atoms with Crippen LogP contribution in [0.2, 0.25) is 0 Å². The maximum absolute atomic E-state index is 14.4. The van der Waals surface area contributed by atoms with Crippen molar-refractivity contribution in [2.75, 3.05) is 30.0 Å². The van der Waals surface area contributed by atoms with Crippen molar-refractivity contribution >= 4 is 46.1 Å². The molecule has 0 saturated heterocycles.